The van der Waals surface area contributed by atoms with Crippen LogP contribution in [0.4, 0.5) is 0 Å². The fraction of sp³-hybridized carbons (Fsp3) is 0.500. The topological polar surface area (TPSA) is 58.9 Å². The van der Waals surface area contributed by atoms with E-state index in [1.807, 2.05) is 0 Å². The van der Waals surface area contributed by atoms with E-state index in [9.17, 15) is 4.79 Å². The molecule has 0 atom stereocenters. The Morgan fingerprint density at radius 1 is 1.62 bits per heavy atom. The molecule has 0 fully saturated rings. The van der Waals surface area contributed by atoms with Crippen LogP contribution in [-0.2, 0) is 9.53 Å². The molecule has 0 aliphatic rings. The van der Waals surface area contributed by atoms with Crippen LogP contribution in [0, 0.1) is 0 Å². The molecular weight excluding hydrogens is 110 g/mol. The lowest BCUT2D eigenvalue weighted by Crippen LogP contribution is -2.04. The summed E-state index contributed by atoms with van der Waals surface area (Å²) in [4.78, 5) is 10.00. The Balaban J connectivity index is 3.56. The Labute approximate surface area is 46.8 Å². The van der Waals surface area contributed by atoms with E-state index in [0.717, 1.165) is 0 Å². The average molecular weight is 117 g/mol. The molecule has 0 aliphatic heterocycles. The summed E-state index contributed by atoms with van der Waals surface area (Å²) in [7, 11) is 0. The first-order chi connectivity index (χ1) is 3.66. The van der Waals surface area contributed by atoms with Crippen LogP contribution in [0.5, 0.6) is 0 Å². The second-order valence-electron chi connectivity index (χ2n) is 1.21. The van der Waals surface area contributed by atoms with Crippen molar-refractivity contribution in [2.45, 2.75) is 13.8 Å². The SMILES string of the molecule is CC(=O)OC(C)=NO. The summed E-state index contributed by atoms with van der Waals surface area (Å²) < 4.78 is 4.26. The van der Waals surface area contributed by atoms with E-state index in [1.54, 1.807) is 0 Å². The number of oxime groups is 1. The largest absolute Gasteiger partial charge is 0.409 e. The van der Waals surface area contributed by atoms with Gasteiger partial charge >= 0.3 is 5.97 Å². The van der Waals surface area contributed by atoms with Gasteiger partial charge in [0.2, 0.25) is 5.90 Å². The molecule has 0 bridgehead atoms. The summed E-state index contributed by atoms with van der Waals surface area (Å²) in [5.41, 5.74) is 0. The minimum absolute atomic E-state index is 0.0440. The third-order valence-electron chi connectivity index (χ3n) is 0.432. The molecule has 0 rings (SSSR count). The quantitative estimate of drug-likeness (QED) is 0.164. The first-order valence-electron chi connectivity index (χ1n) is 2.04. The van der Waals surface area contributed by atoms with E-state index >= 15 is 0 Å². The van der Waals surface area contributed by atoms with Crippen molar-refractivity contribution in [3.05, 3.63) is 0 Å². The number of carbonyl (C=O) groups is 1. The molecule has 0 unspecified atom stereocenters. The van der Waals surface area contributed by atoms with Crippen molar-refractivity contribution in [3.8, 4) is 0 Å². The summed E-state index contributed by atoms with van der Waals surface area (Å²) in [6.07, 6.45) is 0. The Hall–Kier alpha value is -1.06. The zero-order valence-corrected chi connectivity index (χ0v) is 4.71. The second-order valence-corrected chi connectivity index (χ2v) is 1.21. The monoisotopic (exact) mass is 117 g/mol. The lowest BCUT2D eigenvalue weighted by Gasteiger charge is -1.92. The normalized spacial score (nSPS) is 11.0. The van der Waals surface area contributed by atoms with Crippen LogP contribution >= 0.6 is 0 Å². The molecule has 8 heavy (non-hydrogen) atoms. The summed E-state index contributed by atoms with van der Waals surface area (Å²) >= 11 is 0. The summed E-state index contributed by atoms with van der Waals surface area (Å²) in [5.74, 6) is -0.530. The van der Waals surface area contributed by atoms with Crippen LogP contribution in [0.2, 0.25) is 0 Å². The number of ether oxygens (including phenoxy) is 1. The second kappa shape index (κ2) is 3.01. The van der Waals surface area contributed by atoms with Gasteiger partial charge in [-0.1, -0.05) is 5.16 Å². The maximum atomic E-state index is 10.00. The zero-order chi connectivity index (χ0) is 6.57. The molecule has 0 aromatic carbocycles. The Kier molecular flexibility index (Phi) is 2.61. The molecule has 1 N–H and O–H groups in total. The van der Waals surface area contributed by atoms with E-state index < -0.39 is 5.97 Å². The number of hydrogen-bond acceptors (Lipinski definition) is 4. The first-order valence-corrected chi connectivity index (χ1v) is 2.04. The molecule has 0 saturated heterocycles. The molecular formula is C4H7NO3. The molecule has 0 amide bonds. The van der Waals surface area contributed by atoms with Gasteiger partial charge in [-0.2, -0.15) is 0 Å². The summed E-state index contributed by atoms with van der Waals surface area (Å²) in [6, 6.07) is 0. The predicted molar refractivity (Wildman–Crippen MR) is 26.7 cm³/mol. The van der Waals surface area contributed by atoms with E-state index in [4.69, 9.17) is 5.21 Å². The molecule has 0 radical (unpaired) electrons. The Morgan fingerprint density at radius 2 is 2.12 bits per heavy atom. The molecule has 0 saturated carbocycles. The molecule has 46 valence electrons. The van der Waals surface area contributed by atoms with E-state index in [1.165, 1.54) is 13.8 Å². The fourth-order valence-electron chi connectivity index (χ4n) is 0.228. The van der Waals surface area contributed by atoms with Gasteiger partial charge in [-0.15, -0.1) is 0 Å². The minimum Gasteiger partial charge on any atom is -0.409 e. The van der Waals surface area contributed by atoms with Crippen molar-refractivity contribution < 1.29 is 14.7 Å². The summed E-state index contributed by atoms with van der Waals surface area (Å²) in [6.45, 7) is 2.61. The molecule has 0 aliphatic carbocycles. The maximum Gasteiger partial charge on any atom is 0.309 e. The van der Waals surface area contributed by atoms with Gasteiger partial charge in [0.25, 0.3) is 0 Å². The lowest BCUT2D eigenvalue weighted by atomic mass is 10.7. The van der Waals surface area contributed by atoms with Gasteiger partial charge < -0.3 is 9.94 Å². The highest BCUT2D eigenvalue weighted by atomic mass is 16.6. The molecule has 0 aromatic rings. The first kappa shape index (κ1) is 6.94. The van der Waals surface area contributed by atoms with Gasteiger partial charge in [-0.05, 0) is 0 Å². The van der Waals surface area contributed by atoms with Gasteiger partial charge in [0.1, 0.15) is 0 Å². The Bertz CT molecular complexity index is 118. The standard InChI is InChI=1S/C4H7NO3/c1-3(5-7)8-4(2)6/h7H,1-2H3. The Morgan fingerprint density at radius 3 is 2.25 bits per heavy atom. The highest BCUT2D eigenvalue weighted by Gasteiger charge is 1.93. The number of hydrogen-bond donors (Lipinski definition) is 1. The van der Waals surface area contributed by atoms with E-state index in [2.05, 4.69) is 9.89 Å². The molecule has 0 heterocycles. The number of nitrogens with zero attached hydrogens (tertiary/aromatic N) is 1. The van der Waals surface area contributed by atoms with E-state index in [0.29, 0.717) is 0 Å². The van der Waals surface area contributed by atoms with Crippen LogP contribution in [-0.4, -0.2) is 17.1 Å². The molecule has 0 spiro atoms. The van der Waals surface area contributed by atoms with Crippen molar-refractivity contribution in [2.75, 3.05) is 0 Å². The molecule has 4 heteroatoms. The van der Waals surface area contributed by atoms with Crippen molar-refractivity contribution in [3.63, 3.8) is 0 Å². The highest BCUT2D eigenvalue weighted by Crippen LogP contribution is 1.78. The van der Waals surface area contributed by atoms with Gasteiger partial charge in [0.05, 0.1) is 0 Å². The van der Waals surface area contributed by atoms with Crippen molar-refractivity contribution in [2.24, 2.45) is 5.16 Å². The van der Waals surface area contributed by atoms with Crippen molar-refractivity contribution >= 4 is 11.9 Å². The number of esters is 1. The van der Waals surface area contributed by atoms with E-state index in [-0.39, 0.29) is 5.90 Å². The number of rotatable bonds is 0. The zero-order valence-electron chi connectivity index (χ0n) is 4.71. The van der Waals surface area contributed by atoms with Crippen molar-refractivity contribution in [1.82, 2.24) is 0 Å². The van der Waals surface area contributed by atoms with Crippen LogP contribution in [0.1, 0.15) is 13.8 Å². The van der Waals surface area contributed by atoms with Crippen molar-refractivity contribution in [1.29, 1.82) is 0 Å². The van der Waals surface area contributed by atoms with Gasteiger partial charge in [0.15, 0.2) is 0 Å². The third kappa shape index (κ3) is 3.14. The van der Waals surface area contributed by atoms with Crippen LogP contribution in [0.3, 0.4) is 0 Å². The van der Waals surface area contributed by atoms with Crippen LogP contribution < -0.4 is 0 Å². The van der Waals surface area contributed by atoms with Gasteiger partial charge in [-0.25, -0.2) is 0 Å². The van der Waals surface area contributed by atoms with Crippen LogP contribution in [0.15, 0.2) is 5.16 Å². The minimum atomic E-state index is -0.486. The summed E-state index contributed by atoms with van der Waals surface area (Å²) in [5, 5.41) is 10.5. The fourth-order valence-corrected chi connectivity index (χ4v) is 0.228. The smallest absolute Gasteiger partial charge is 0.309 e. The molecule has 4 nitrogen and oxygen atoms in total. The average Bonchev–Trinajstić information content (AvgIpc) is 1.65. The number of carbonyl (C=O) groups excluding carboxylic acids is 1. The van der Waals surface area contributed by atoms with Gasteiger partial charge in [0, 0.05) is 13.8 Å². The lowest BCUT2D eigenvalue weighted by molar-refractivity contribution is -0.133. The maximum absolute atomic E-state index is 10.00. The third-order valence-corrected chi connectivity index (χ3v) is 0.432. The van der Waals surface area contributed by atoms with Crippen LogP contribution in [0.25, 0.3) is 0 Å². The van der Waals surface area contributed by atoms with Gasteiger partial charge in [-0.3, -0.25) is 4.79 Å². The highest BCUT2D eigenvalue weighted by molar-refractivity contribution is 5.85. The molecule has 0 aromatic heterocycles. The predicted octanol–water partition coefficient (Wildman–Crippen LogP) is 0.357.